The minimum absolute atomic E-state index is 0.174. The maximum atomic E-state index is 9.84. The Kier molecular flexibility index (Phi) is 2.56. The summed E-state index contributed by atoms with van der Waals surface area (Å²) in [6, 6.07) is 7.20. The lowest BCUT2D eigenvalue weighted by atomic mass is 10.1. The third-order valence-corrected chi connectivity index (χ3v) is 2.32. The molecule has 2 rings (SSSR count). The Labute approximate surface area is 92.4 Å². The molecule has 0 radical (unpaired) electrons. The van der Waals surface area contributed by atoms with Gasteiger partial charge in [0, 0.05) is 11.8 Å². The predicted octanol–water partition coefficient (Wildman–Crippen LogP) is 2.81. The molecule has 3 nitrogen and oxygen atoms in total. The summed E-state index contributed by atoms with van der Waals surface area (Å²) in [4.78, 5) is 7.83. The lowest BCUT2D eigenvalue weighted by molar-refractivity contribution is 0.473. The van der Waals surface area contributed by atoms with Gasteiger partial charge in [-0.2, -0.15) is 0 Å². The van der Waals surface area contributed by atoms with Crippen LogP contribution in [0.2, 0.25) is 5.28 Å². The second-order valence-electron chi connectivity index (χ2n) is 3.18. The molecule has 1 N–H and O–H groups in total. The summed E-state index contributed by atoms with van der Waals surface area (Å²) >= 11 is 5.68. The number of rotatable bonds is 1. The molecule has 0 aliphatic heterocycles. The molecule has 76 valence electrons. The van der Waals surface area contributed by atoms with Gasteiger partial charge < -0.3 is 5.11 Å². The van der Waals surface area contributed by atoms with Crippen molar-refractivity contribution in [1.82, 2.24) is 9.97 Å². The second-order valence-corrected chi connectivity index (χ2v) is 3.52. The number of benzene rings is 1. The minimum atomic E-state index is 0.174. The summed E-state index contributed by atoms with van der Waals surface area (Å²) in [6.07, 6.45) is 1.56. The molecule has 0 amide bonds. The maximum Gasteiger partial charge on any atom is 0.222 e. The van der Waals surface area contributed by atoms with Crippen molar-refractivity contribution in [3.05, 3.63) is 41.3 Å². The minimum Gasteiger partial charge on any atom is -0.507 e. The van der Waals surface area contributed by atoms with E-state index in [4.69, 9.17) is 11.6 Å². The first kappa shape index (κ1) is 9.93. The van der Waals surface area contributed by atoms with Gasteiger partial charge in [0.15, 0.2) is 0 Å². The van der Waals surface area contributed by atoms with Crippen molar-refractivity contribution < 1.29 is 5.11 Å². The van der Waals surface area contributed by atoms with E-state index in [2.05, 4.69) is 9.97 Å². The van der Waals surface area contributed by atoms with Gasteiger partial charge in [-0.25, -0.2) is 9.97 Å². The zero-order valence-corrected chi connectivity index (χ0v) is 8.86. The van der Waals surface area contributed by atoms with Crippen LogP contribution in [0.3, 0.4) is 0 Å². The normalized spacial score (nSPS) is 10.3. The van der Waals surface area contributed by atoms with Crippen LogP contribution in [-0.2, 0) is 0 Å². The number of nitrogens with zero attached hydrogens (tertiary/aromatic N) is 2. The van der Waals surface area contributed by atoms with Crippen molar-refractivity contribution in [2.24, 2.45) is 0 Å². The van der Waals surface area contributed by atoms with Crippen molar-refractivity contribution in [2.75, 3.05) is 0 Å². The topological polar surface area (TPSA) is 46.0 Å². The quantitative estimate of drug-likeness (QED) is 0.752. The average molecular weight is 221 g/mol. The summed E-state index contributed by atoms with van der Waals surface area (Å²) < 4.78 is 0. The molecule has 0 saturated heterocycles. The van der Waals surface area contributed by atoms with Crippen molar-refractivity contribution >= 4 is 11.6 Å². The van der Waals surface area contributed by atoms with E-state index in [1.165, 1.54) is 0 Å². The van der Waals surface area contributed by atoms with Crippen molar-refractivity contribution in [1.29, 1.82) is 0 Å². The van der Waals surface area contributed by atoms with Gasteiger partial charge in [0.2, 0.25) is 5.28 Å². The summed E-state index contributed by atoms with van der Waals surface area (Å²) in [5.74, 6) is 0.229. The number of hydrogen-bond acceptors (Lipinski definition) is 3. The fourth-order valence-electron chi connectivity index (χ4n) is 1.35. The molecule has 0 unspecified atom stereocenters. The highest BCUT2D eigenvalue weighted by Crippen LogP contribution is 2.30. The van der Waals surface area contributed by atoms with Gasteiger partial charge in [-0.3, -0.25) is 0 Å². The molecule has 1 heterocycles. The number of phenols is 1. The number of hydrogen-bond donors (Lipinski definition) is 1. The van der Waals surface area contributed by atoms with E-state index < -0.39 is 0 Å². The molecule has 15 heavy (non-hydrogen) atoms. The van der Waals surface area contributed by atoms with Gasteiger partial charge in [0.1, 0.15) is 5.75 Å². The Bertz CT molecular complexity index is 500. The number of para-hydroxylation sites is 1. The molecule has 1 aromatic carbocycles. The molecule has 0 bridgehead atoms. The summed E-state index contributed by atoms with van der Waals surface area (Å²) in [6.45, 7) is 1.83. The molecule has 0 fully saturated rings. The zero-order chi connectivity index (χ0) is 10.8. The van der Waals surface area contributed by atoms with Crippen LogP contribution in [0, 0.1) is 6.92 Å². The Morgan fingerprint density at radius 2 is 2.07 bits per heavy atom. The van der Waals surface area contributed by atoms with Crippen molar-refractivity contribution in [3.63, 3.8) is 0 Å². The van der Waals surface area contributed by atoms with Crippen LogP contribution >= 0.6 is 11.6 Å². The fraction of sp³-hybridized carbons (Fsp3) is 0.0909. The molecule has 0 spiro atoms. The van der Waals surface area contributed by atoms with Gasteiger partial charge >= 0.3 is 0 Å². The number of aromatic hydroxyl groups is 1. The average Bonchev–Trinajstić information content (AvgIpc) is 2.22. The molecule has 0 saturated carbocycles. The Morgan fingerprint density at radius 1 is 1.27 bits per heavy atom. The Morgan fingerprint density at radius 3 is 2.80 bits per heavy atom. The highest BCUT2D eigenvalue weighted by molar-refractivity contribution is 6.28. The first-order valence-corrected chi connectivity index (χ1v) is 4.84. The van der Waals surface area contributed by atoms with Gasteiger partial charge in [-0.05, 0) is 36.2 Å². The standard InChI is InChI=1S/C11H9ClN2O/c1-7-3-2-4-8(10(7)15)9-5-6-13-11(12)14-9/h2-6,15H,1H3. The highest BCUT2D eigenvalue weighted by atomic mass is 35.5. The third kappa shape index (κ3) is 1.92. The zero-order valence-electron chi connectivity index (χ0n) is 8.11. The van der Waals surface area contributed by atoms with Crippen LogP contribution in [-0.4, -0.2) is 15.1 Å². The SMILES string of the molecule is Cc1cccc(-c2ccnc(Cl)n2)c1O. The number of halogens is 1. The third-order valence-electron chi connectivity index (χ3n) is 2.14. The Balaban J connectivity index is 2.59. The summed E-state index contributed by atoms with van der Waals surface area (Å²) in [5, 5.41) is 10.0. The monoisotopic (exact) mass is 220 g/mol. The lowest BCUT2D eigenvalue weighted by Crippen LogP contribution is -1.88. The molecule has 0 aliphatic rings. The van der Waals surface area contributed by atoms with Crippen molar-refractivity contribution in [3.8, 4) is 17.0 Å². The number of aromatic nitrogens is 2. The molecule has 2 aromatic rings. The van der Waals surface area contributed by atoms with Crippen molar-refractivity contribution in [2.45, 2.75) is 6.92 Å². The van der Waals surface area contributed by atoms with Crippen LogP contribution in [0.4, 0.5) is 0 Å². The second kappa shape index (κ2) is 3.87. The van der Waals surface area contributed by atoms with Crippen LogP contribution in [0.25, 0.3) is 11.3 Å². The van der Waals surface area contributed by atoms with E-state index in [0.717, 1.165) is 5.56 Å². The molecular weight excluding hydrogens is 212 g/mol. The predicted molar refractivity (Wildman–Crippen MR) is 58.9 cm³/mol. The van der Waals surface area contributed by atoms with Gasteiger partial charge in [0.25, 0.3) is 0 Å². The van der Waals surface area contributed by atoms with Crippen LogP contribution in [0.5, 0.6) is 5.75 Å². The lowest BCUT2D eigenvalue weighted by Gasteiger charge is -2.05. The van der Waals surface area contributed by atoms with Gasteiger partial charge in [-0.1, -0.05) is 12.1 Å². The van der Waals surface area contributed by atoms with Crippen LogP contribution in [0.1, 0.15) is 5.56 Å². The van der Waals surface area contributed by atoms with Gasteiger partial charge in [-0.15, -0.1) is 0 Å². The highest BCUT2D eigenvalue weighted by Gasteiger charge is 2.07. The molecule has 0 atom stereocenters. The number of aryl methyl sites for hydroxylation is 1. The van der Waals surface area contributed by atoms with E-state index in [9.17, 15) is 5.11 Å². The molecule has 1 aromatic heterocycles. The fourth-order valence-corrected chi connectivity index (χ4v) is 1.50. The Hall–Kier alpha value is -1.61. The van der Waals surface area contributed by atoms with E-state index in [-0.39, 0.29) is 11.0 Å². The van der Waals surface area contributed by atoms with Gasteiger partial charge in [0.05, 0.1) is 5.69 Å². The van der Waals surface area contributed by atoms with E-state index in [1.54, 1.807) is 18.3 Å². The van der Waals surface area contributed by atoms with E-state index >= 15 is 0 Å². The van der Waals surface area contributed by atoms with Crippen LogP contribution in [0.15, 0.2) is 30.5 Å². The van der Waals surface area contributed by atoms with E-state index in [1.807, 2.05) is 19.1 Å². The maximum absolute atomic E-state index is 9.84. The number of phenolic OH excluding ortho intramolecular Hbond substituents is 1. The molecule has 0 aliphatic carbocycles. The van der Waals surface area contributed by atoms with Crippen LogP contribution < -0.4 is 0 Å². The van der Waals surface area contributed by atoms with E-state index in [0.29, 0.717) is 11.3 Å². The summed E-state index contributed by atoms with van der Waals surface area (Å²) in [7, 11) is 0. The summed E-state index contributed by atoms with van der Waals surface area (Å²) in [5.41, 5.74) is 2.10. The smallest absolute Gasteiger partial charge is 0.222 e. The first-order valence-electron chi connectivity index (χ1n) is 4.46. The first-order chi connectivity index (χ1) is 7.18. The largest absolute Gasteiger partial charge is 0.507 e. The molecular formula is C11H9ClN2O. The molecule has 4 heteroatoms.